The second kappa shape index (κ2) is 8.51. The summed E-state index contributed by atoms with van der Waals surface area (Å²) in [6.45, 7) is 3.93. The van der Waals surface area contributed by atoms with Crippen molar-refractivity contribution < 1.29 is 27.8 Å². The Kier molecular flexibility index (Phi) is 5.28. The Balaban J connectivity index is 1.35. The molecule has 1 N–H and O–H groups in total. The molecule has 36 heavy (non-hydrogen) atoms. The molecule has 0 radical (unpaired) electrons. The van der Waals surface area contributed by atoms with E-state index in [0.717, 1.165) is 22.9 Å². The van der Waals surface area contributed by atoms with Crippen LogP contribution >= 0.6 is 0 Å². The predicted molar refractivity (Wildman–Crippen MR) is 129 cm³/mol. The second-order valence-electron chi connectivity index (χ2n) is 8.81. The maximum absolute atomic E-state index is 14.9. The number of anilines is 1. The molecule has 1 aromatic heterocycles. The number of aryl methyl sites for hydroxylation is 1. The van der Waals surface area contributed by atoms with Gasteiger partial charge in [0.2, 0.25) is 0 Å². The van der Waals surface area contributed by atoms with Crippen LogP contribution in [0, 0.1) is 11.6 Å². The van der Waals surface area contributed by atoms with Gasteiger partial charge in [-0.05, 0) is 30.3 Å². The standard InChI is InChI=1S/C27H23F2N3O4/c1-3-24-31-19-10-9-18(28)25(29)26(19)32(24)21-6-4-5-16-20(12-35-27(16)21)30-15-7-8-17-22(11-15)34-13-23(17)36-14(2)33/h4-11,20,23,30H,3,12-13H2,1-2H3/t20-,23-/m1/s1. The predicted octanol–water partition coefficient (Wildman–Crippen LogP) is 5.41. The molecule has 2 aliphatic heterocycles. The minimum absolute atomic E-state index is 0.0957. The third kappa shape index (κ3) is 3.54. The van der Waals surface area contributed by atoms with Crippen LogP contribution in [0.2, 0.25) is 0 Å². The van der Waals surface area contributed by atoms with E-state index in [0.29, 0.717) is 41.6 Å². The van der Waals surface area contributed by atoms with Crippen molar-refractivity contribution >= 4 is 22.7 Å². The van der Waals surface area contributed by atoms with Gasteiger partial charge >= 0.3 is 5.97 Å². The van der Waals surface area contributed by atoms with E-state index in [-0.39, 0.29) is 24.1 Å². The zero-order valence-electron chi connectivity index (χ0n) is 19.7. The van der Waals surface area contributed by atoms with E-state index in [2.05, 4.69) is 10.3 Å². The first-order valence-corrected chi connectivity index (χ1v) is 11.8. The van der Waals surface area contributed by atoms with E-state index in [1.165, 1.54) is 13.0 Å². The highest BCUT2D eigenvalue weighted by Gasteiger charge is 2.31. The van der Waals surface area contributed by atoms with Crippen molar-refractivity contribution in [3.8, 4) is 17.2 Å². The molecule has 184 valence electrons. The number of nitrogens with one attached hydrogen (secondary N) is 1. The van der Waals surface area contributed by atoms with Gasteiger partial charge in [-0.25, -0.2) is 13.8 Å². The average Bonchev–Trinajstić information content (AvgIpc) is 3.57. The first-order chi connectivity index (χ1) is 17.4. The molecule has 2 aliphatic rings. The lowest BCUT2D eigenvalue weighted by molar-refractivity contribution is -0.147. The number of halogens is 2. The molecule has 0 unspecified atom stereocenters. The van der Waals surface area contributed by atoms with E-state index < -0.39 is 17.7 Å². The van der Waals surface area contributed by atoms with Gasteiger partial charge in [-0.2, -0.15) is 0 Å². The maximum Gasteiger partial charge on any atom is 0.303 e. The summed E-state index contributed by atoms with van der Waals surface area (Å²) >= 11 is 0. The van der Waals surface area contributed by atoms with Gasteiger partial charge in [0.15, 0.2) is 17.7 Å². The van der Waals surface area contributed by atoms with Crippen LogP contribution in [-0.2, 0) is 16.0 Å². The van der Waals surface area contributed by atoms with Crippen molar-refractivity contribution in [3.63, 3.8) is 0 Å². The van der Waals surface area contributed by atoms with Crippen LogP contribution in [0.5, 0.6) is 11.5 Å². The minimum Gasteiger partial charge on any atom is -0.489 e. The summed E-state index contributed by atoms with van der Waals surface area (Å²) in [4.78, 5) is 15.9. The molecule has 0 fully saturated rings. The molecule has 0 bridgehead atoms. The highest BCUT2D eigenvalue weighted by molar-refractivity contribution is 5.80. The Labute approximate surface area is 205 Å². The highest BCUT2D eigenvalue weighted by Crippen LogP contribution is 2.42. The minimum atomic E-state index is -0.935. The molecule has 7 nitrogen and oxygen atoms in total. The maximum atomic E-state index is 14.9. The third-order valence-electron chi connectivity index (χ3n) is 6.53. The van der Waals surface area contributed by atoms with E-state index in [9.17, 15) is 13.6 Å². The van der Waals surface area contributed by atoms with E-state index in [1.54, 1.807) is 4.57 Å². The monoisotopic (exact) mass is 491 g/mol. The van der Waals surface area contributed by atoms with Crippen molar-refractivity contribution in [1.29, 1.82) is 0 Å². The largest absolute Gasteiger partial charge is 0.489 e. The van der Waals surface area contributed by atoms with Crippen LogP contribution in [0.3, 0.4) is 0 Å². The fraction of sp³-hybridized carbons (Fsp3) is 0.259. The number of fused-ring (bicyclic) bond motifs is 3. The van der Waals surface area contributed by atoms with Gasteiger partial charge in [0, 0.05) is 36.2 Å². The van der Waals surface area contributed by atoms with Gasteiger partial charge < -0.3 is 19.5 Å². The number of benzene rings is 3. The third-order valence-corrected chi connectivity index (χ3v) is 6.53. The van der Waals surface area contributed by atoms with Crippen molar-refractivity contribution in [2.24, 2.45) is 0 Å². The molecule has 2 atom stereocenters. The number of rotatable bonds is 5. The van der Waals surface area contributed by atoms with Gasteiger partial charge in [0.1, 0.15) is 36.1 Å². The van der Waals surface area contributed by atoms with E-state index in [1.807, 2.05) is 43.3 Å². The summed E-state index contributed by atoms with van der Waals surface area (Å²) in [5.74, 6) is -0.340. The van der Waals surface area contributed by atoms with Gasteiger partial charge in [-0.1, -0.05) is 19.1 Å². The summed E-state index contributed by atoms with van der Waals surface area (Å²) in [5.41, 5.74) is 3.64. The van der Waals surface area contributed by atoms with Crippen LogP contribution in [0.25, 0.3) is 16.7 Å². The van der Waals surface area contributed by atoms with Crippen molar-refractivity contribution in [1.82, 2.24) is 9.55 Å². The van der Waals surface area contributed by atoms with Crippen molar-refractivity contribution in [2.75, 3.05) is 18.5 Å². The Bertz CT molecular complexity index is 1520. The second-order valence-corrected chi connectivity index (χ2v) is 8.81. The first kappa shape index (κ1) is 22.3. The molecule has 4 aromatic rings. The number of carbonyl (C=O) groups excluding carboxylic acids is 1. The van der Waals surface area contributed by atoms with Crippen LogP contribution < -0.4 is 14.8 Å². The fourth-order valence-corrected chi connectivity index (χ4v) is 4.94. The Morgan fingerprint density at radius 2 is 2.00 bits per heavy atom. The highest BCUT2D eigenvalue weighted by atomic mass is 19.2. The van der Waals surface area contributed by atoms with E-state index >= 15 is 0 Å². The number of nitrogens with zero attached hydrogens (tertiary/aromatic N) is 2. The van der Waals surface area contributed by atoms with Gasteiger partial charge in [0.05, 0.1) is 17.2 Å². The molecule has 0 saturated carbocycles. The van der Waals surface area contributed by atoms with E-state index in [4.69, 9.17) is 14.2 Å². The lowest BCUT2D eigenvalue weighted by Crippen LogP contribution is -2.12. The summed E-state index contributed by atoms with van der Waals surface area (Å²) in [7, 11) is 0. The lowest BCUT2D eigenvalue weighted by Gasteiger charge is -2.15. The van der Waals surface area contributed by atoms with Crippen LogP contribution in [0.4, 0.5) is 14.5 Å². The summed E-state index contributed by atoms with van der Waals surface area (Å²) in [6, 6.07) is 13.7. The molecule has 9 heteroatoms. The molecule has 0 spiro atoms. The average molecular weight is 491 g/mol. The van der Waals surface area contributed by atoms with Gasteiger partial charge in [-0.3, -0.25) is 9.36 Å². The molecule has 0 aliphatic carbocycles. The summed E-state index contributed by atoms with van der Waals surface area (Å²) in [6.07, 6.45) is 0.123. The number of ether oxygens (including phenoxy) is 3. The number of esters is 1. The fourth-order valence-electron chi connectivity index (χ4n) is 4.94. The lowest BCUT2D eigenvalue weighted by atomic mass is 10.1. The molecule has 3 heterocycles. The smallest absolute Gasteiger partial charge is 0.303 e. The number of carbonyl (C=O) groups is 1. The quantitative estimate of drug-likeness (QED) is 0.377. The molecule has 0 saturated heterocycles. The van der Waals surface area contributed by atoms with Gasteiger partial charge in [-0.15, -0.1) is 0 Å². The Morgan fingerprint density at radius 1 is 1.14 bits per heavy atom. The summed E-state index contributed by atoms with van der Waals surface area (Å²) < 4.78 is 47.8. The van der Waals surface area contributed by atoms with Crippen LogP contribution in [-0.4, -0.2) is 28.7 Å². The SMILES string of the molecule is CCc1nc2ccc(F)c(F)c2n1-c1cccc2c1OC[C@H]2Nc1ccc2c(c1)OC[C@H]2OC(C)=O. The number of hydrogen-bond acceptors (Lipinski definition) is 6. The molecular formula is C27H23F2N3O4. The van der Waals surface area contributed by atoms with Gasteiger partial charge in [0.25, 0.3) is 0 Å². The van der Waals surface area contributed by atoms with Crippen molar-refractivity contribution in [2.45, 2.75) is 32.4 Å². The summed E-state index contributed by atoms with van der Waals surface area (Å²) in [5, 5.41) is 3.47. The van der Waals surface area contributed by atoms with Crippen LogP contribution in [0.15, 0.2) is 48.5 Å². The normalized spacial score (nSPS) is 17.9. The molecule has 6 rings (SSSR count). The zero-order valence-corrected chi connectivity index (χ0v) is 19.7. The molecular weight excluding hydrogens is 468 g/mol. The van der Waals surface area contributed by atoms with Crippen molar-refractivity contribution in [3.05, 3.63) is 77.1 Å². The number of aromatic nitrogens is 2. The topological polar surface area (TPSA) is 74.6 Å². The molecule has 3 aromatic carbocycles. The number of hydrogen-bond donors (Lipinski definition) is 1. The Morgan fingerprint density at radius 3 is 2.81 bits per heavy atom. The molecule has 0 amide bonds. The number of para-hydroxylation sites is 1. The van der Waals surface area contributed by atoms with Crippen LogP contribution in [0.1, 0.15) is 42.9 Å². The zero-order chi connectivity index (χ0) is 25.0. The Hall–Kier alpha value is -4.14. The first-order valence-electron chi connectivity index (χ1n) is 11.8. The number of imidazole rings is 1.